The Balaban J connectivity index is 2.73. The fourth-order valence-electron chi connectivity index (χ4n) is 1.60. The SMILES string of the molecule is Cc1cc(=O)c(C(=N)N)nn1-c1ccccc1F. The van der Waals surface area contributed by atoms with Crippen LogP contribution in [0.4, 0.5) is 4.39 Å². The molecule has 0 aliphatic rings. The lowest BCUT2D eigenvalue weighted by atomic mass is 10.2. The van der Waals surface area contributed by atoms with Crippen LogP contribution in [0.15, 0.2) is 35.1 Å². The smallest absolute Gasteiger partial charge is 0.211 e. The Hall–Kier alpha value is -2.50. The average molecular weight is 246 g/mol. The van der Waals surface area contributed by atoms with E-state index in [2.05, 4.69) is 5.10 Å². The van der Waals surface area contributed by atoms with Gasteiger partial charge in [0.1, 0.15) is 17.3 Å². The van der Waals surface area contributed by atoms with Gasteiger partial charge in [-0.1, -0.05) is 12.1 Å². The van der Waals surface area contributed by atoms with Crippen molar-refractivity contribution in [2.45, 2.75) is 6.92 Å². The van der Waals surface area contributed by atoms with Crippen LogP contribution >= 0.6 is 0 Å². The van der Waals surface area contributed by atoms with Crippen LogP contribution in [-0.2, 0) is 0 Å². The number of para-hydroxylation sites is 1. The molecule has 0 aliphatic carbocycles. The number of nitrogens with zero attached hydrogens (tertiary/aromatic N) is 2. The number of benzene rings is 1. The standard InChI is InChI=1S/C12H11FN4O/c1-7-6-10(18)11(12(14)15)16-17(7)9-5-3-2-4-8(9)13/h2-6H,1H3,(H3,14,15). The second kappa shape index (κ2) is 4.40. The van der Waals surface area contributed by atoms with Crippen LogP contribution in [0.2, 0.25) is 0 Å². The highest BCUT2D eigenvalue weighted by Gasteiger charge is 2.11. The van der Waals surface area contributed by atoms with Crippen molar-refractivity contribution in [3.8, 4) is 5.69 Å². The summed E-state index contributed by atoms with van der Waals surface area (Å²) in [4.78, 5) is 11.6. The zero-order chi connectivity index (χ0) is 13.3. The van der Waals surface area contributed by atoms with E-state index >= 15 is 0 Å². The van der Waals surface area contributed by atoms with E-state index in [1.165, 1.54) is 22.9 Å². The molecule has 0 spiro atoms. The van der Waals surface area contributed by atoms with E-state index in [4.69, 9.17) is 11.1 Å². The minimum absolute atomic E-state index is 0.191. The molecule has 0 aliphatic heterocycles. The summed E-state index contributed by atoms with van der Waals surface area (Å²) in [5, 5.41) is 11.2. The summed E-state index contributed by atoms with van der Waals surface area (Å²) < 4.78 is 14.9. The van der Waals surface area contributed by atoms with Gasteiger partial charge in [0, 0.05) is 11.8 Å². The Bertz CT molecular complexity index is 678. The topological polar surface area (TPSA) is 84.8 Å². The lowest BCUT2D eigenvalue weighted by Gasteiger charge is -2.11. The molecule has 1 aromatic carbocycles. The average Bonchev–Trinajstić information content (AvgIpc) is 2.30. The van der Waals surface area contributed by atoms with Gasteiger partial charge in [-0.2, -0.15) is 5.10 Å². The maximum absolute atomic E-state index is 13.7. The third-order valence-corrected chi connectivity index (χ3v) is 2.44. The Morgan fingerprint density at radius 2 is 2.11 bits per heavy atom. The van der Waals surface area contributed by atoms with E-state index in [1.807, 2.05) is 0 Å². The summed E-state index contributed by atoms with van der Waals surface area (Å²) in [5.41, 5.74) is 5.29. The molecule has 0 saturated carbocycles. The molecule has 2 aromatic rings. The molecule has 0 amide bonds. The quantitative estimate of drug-likeness (QED) is 0.611. The summed E-state index contributed by atoms with van der Waals surface area (Å²) in [6.45, 7) is 1.63. The monoisotopic (exact) mass is 246 g/mol. The molecule has 5 nitrogen and oxygen atoms in total. The molecule has 0 atom stereocenters. The van der Waals surface area contributed by atoms with Crippen LogP contribution in [0.25, 0.3) is 5.69 Å². The van der Waals surface area contributed by atoms with Crippen molar-refractivity contribution in [3.63, 3.8) is 0 Å². The van der Waals surface area contributed by atoms with Gasteiger partial charge in [0.05, 0.1) is 0 Å². The van der Waals surface area contributed by atoms with Gasteiger partial charge in [-0.25, -0.2) is 9.07 Å². The number of hydrogen-bond acceptors (Lipinski definition) is 3. The van der Waals surface area contributed by atoms with Gasteiger partial charge >= 0.3 is 0 Å². The van der Waals surface area contributed by atoms with Gasteiger partial charge in [0.2, 0.25) is 5.43 Å². The lowest BCUT2D eigenvalue weighted by molar-refractivity contribution is 0.604. The van der Waals surface area contributed by atoms with Crippen LogP contribution in [0, 0.1) is 18.2 Å². The van der Waals surface area contributed by atoms with Crippen LogP contribution < -0.4 is 11.2 Å². The summed E-state index contributed by atoms with van der Waals surface area (Å²) >= 11 is 0. The fourth-order valence-corrected chi connectivity index (χ4v) is 1.60. The third kappa shape index (κ3) is 2.00. The predicted molar refractivity (Wildman–Crippen MR) is 65.5 cm³/mol. The van der Waals surface area contributed by atoms with Crippen molar-refractivity contribution in [3.05, 3.63) is 57.8 Å². The van der Waals surface area contributed by atoms with E-state index in [0.717, 1.165) is 0 Å². The first kappa shape index (κ1) is 12.0. The zero-order valence-electron chi connectivity index (χ0n) is 9.64. The van der Waals surface area contributed by atoms with Crippen molar-refractivity contribution in [1.82, 2.24) is 9.78 Å². The number of nitrogens with one attached hydrogen (secondary N) is 1. The summed E-state index contributed by atoms with van der Waals surface area (Å²) in [6.07, 6.45) is 0. The largest absolute Gasteiger partial charge is 0.382 e. The van der Waals surface area contributed by atoms with Crippen molar-refractivity contribution in [1.29, 1.82) is 5.41 Å². The molecule has 1 aromatic heterocycles. The highest BCUT2D eigenvalue weighted by atomic mass is 19.1. The van der Waals surface area contributed by atoms with E-state index < -0.39 is 17.1 Å². The van der Waals surface area contributed by atoms with Gasteiger partial charge in [0.15, 0.2) is 5.69 Å². The number of halogens is 1. The van der Waals surface area contributed by atoms with Crippen molar-refractivity contribution in [2.75, 3.05) is 0 Å². The Kier molecular flexibility index (Phi) is 2.93. The number of nitrogen functional groups attached to an aromatic ring is 1. The number of hydrogen-bond donors (Lipinski definition) is 2. The first-order chi connectivity index (χ1) is 8.50. The molecule has 6 heteroatoms. The van der Waals surface area contributed by atoms with Crippen molar-refractivity contribution in [2.24, 2.45) is 5.73 Å². The van der Waals surface area contributed by atoms with E-state index in [9.17, 15) is 9.18 Å². The van der Waals surface area contributed by atoms with E-state index in [1.54, 1.807) is 19.1 Å². The zero-order valence-corrected chi connectivity index (χ0v) is 9.64. The van der Waals surface area contributed by atoms with Crippen LogP contribution in [0.1, 0.15) is 11.4 Å². The molecule has 18 heavy (non-hydrogen) atoms. The summed E-state index contributed by atoms with van der Waals surface area (Å²) in [5.74, 6) is -0.906. The Morgan fingerprint density at radius 3 is 2.72 bits per heavy atom. The molecule has 3 N–H and O–H groups in total. The van der Waals surface area contributed by atoms with Gasteiger partial charge < -0.3 is 5.73 Å². The van der Waals surface area contributed by atoms with Crippen LogP contribution in [-0.4, -0.2) is 15.6 Å². The van der Waals surface area contributed by atoms with Gasteiger partial charge in [-0.15, -0.1) is 0 Å². The van der Waals surface area contributed by atoms with Gasteiger partial charge in [0.25, 0.3) is 0 Å². The molecule has 0 bridgehead atoms. The molecule has 2 rings (SSSR count). The van der Waals surface area contributed by atoms with Gasteiger partial charge in [-0.3, -0.25) is 10.2 Å². The first-order valence-corrected chi connectivity index (χ1v) is 5.21. The lowest BCUT2D eigenvalue weighted by Crippen LogP contribution is -2.27. The number of amidine groups is 1. The maximum Gasteiger partial charge on any atom is 0.211 e. The van der Waals surface area contributed by atoms with Gasteiger partial charge in [-0.05, 0) is 19.1 Å². The summed E-state index contributed by atoms with van der Waals surface area (Å²) in [6, 6.07) is 7.32. The first-order valence-electron chi connectivity index (χ1n) is 5.21. The molecule has 0 unspecified atom stereocenters. The number of rotatable bonds is 2. The molecular weight excluding hydrogens is 235 g/mol. The second-order valence-electron chi connectivity index (χ2n) is 3.78. The Morgan fingerprint density at radius 1 is 1.44 bits per heavy atom. The molecule has 0 saturated heterocycles. The van der Waals surface area contributed by atoms with Crippen molar-refractivity contribution < 1.29 is 4.39 Å². The molecule has 92 valence electrons. The minimum atomic E-state index is -0.466. The number of aryl methyl sites for hydroxylation is 1. The summed E-state index contributed by atoms with van der Waals surface area (Å²) in [7, 11) is 0. The molecule has 1 heterocycles. The molecule has 0 fully saturated rings. The highest BCUT2D eigenvalue weighted by molar-refractivity contribution is 5.92. The predicted octanol–water partition coefficient (Wildman–Crippen LogP) is 0.964. The Labute approximate surface area is 102 Å². The molecule has 0 radical (unpaired) electrons. The maximum atomic E-state index is 13.7. The minimum Gasteiger partial charge on any atom is -0.382 e. The molecular formula is C12H11FN4O. The van der Waals surface area contributed by atoms with E-state index in [-0.39, 0.29) is 11.4 Å². The van der Waals surface area contributed by atoms with Crippen LogP contribution in [0.5, 0.6) is 0 Å². The third-order valence-electron chi connectivity index (χ3n) is 2.44. The van der Waals surface area contributed by atoms with Crippen molar-refractivity contribution >= 4 is 5.84 Å². The number of nitrogens with two attached hydrogens (primary N) is 1. The highest BCUT2D eigenvalue weighted by Crippen LogP contribution is 2.12. The normalized spacial score (nSPS) is 10.3. The fraction of sp³-hybridized carbons (Fsp3) is 0.0833. The van der Waals surface area contributed by atoms with E-state index in [0.29, 0.717) is 5.69 Å². The van der Waals surface area contributed by atoms with Crippen LogP contribution in [0.3, 0.4) is 0 Å². The second-order valence-corrected chi connectivity index (χ2v) is 3.78. The number of aromatic nitrogens is 2.